The number of imide groups is 1. The van der Waals surface area contributed by atoms with Gasteiger partial charge in [0.05, 0.1) is 0 Å². The SMILES string of the molecule is COCCCNC(=O)CCN1C(=O)c2cccc3cccc(c23)C1=O. The van der Waals surface area contributed by atoms with Crippen molar-refractivity contribution in [3.05, 3.63) is 47.5 Å². The molecule has 6 nitrogen and oxygen atoms in total. The second kappa shape index (κ2) is 7.44. The van der Waals surface area contributed by atoms with Crippen molar-refractivity contribution in [1.29, 1.82) is 0 Å². The first-order chi connectivity index (χ1) is 12.1. The Morgan fingerprint density at radius 2 is 1.72 bits per heavy atom. The van der Waals surface area contributed by atoms with Crippen LogP contribution in [0.4, 0.5) is 0 Å². The Morgan fingerprint density at radius 3 is 2.32 bits per heavy atom. The summed E-state index contributed by atoms with van der Waals surface area (Å²) in [5.74, 6) is -0.878. The molecule has 130 valence electrons. The second-order valence-electron chi connectivity index (χ2n) is 5.92. The molecule has 1 N–H and O–H groups in total. The van der Waals surface area contributed by atoms with Gasteiger partial charge in [-0.3, -0.25) is 19.3 Å². The van der Waals surface area contributed by atoms with Gasteiger partial charge in [-0.05, 0) is 23.9 Å². The molecule has 0 aliphatic carbocycles. The minimum absolute atomic E-state index is 0.0680. The first-order valence-electron chi connectivity index (χ1n) is 8.27. The second-order valence-corrected chi connectivity index (χ2v) is 5.92. The predicted molar refractivity (Wildman–Crippen MR) is 93.4 cm³/mol. The van der Waals surface area contributed by atoms with Gasteiger partial charge in [-0.1, -0.05) is 24.3 Å². The molecule has 3 rings (SSSR count). The molecule has 25 heavy (non-hydrogen) atoms. The van der Waals surface area contributed by atoms with Crippen LogP contribution in [-0.2, 0) is 9.53 Å². The zero-order valence-corrected chi connectivity index (χ0v) is 14.1. The van der Waals surface area contributed by atoms with Crippen molar-refractivity contribution < 1.29 is 19.1 Å². The van der Waals surface area contributed by atoms with E-state index < -0.39 is 0 Å². The minimum Gasteiger partial charge on any atom is -0.385 e. The van der Waals surface area contributed by atoms with Gasteiger partial charge in [-0.2, -0.15) is 0 Å². The summed E-state index contributed by atoms with van der Waals surface area (Å²) in [6.45, 7) is 1.15. The van der Waals surface area contributed by atoms with Crippen molar-refractivity contribution in [2.45, 2.75) is 12.8 Å². The van der Waals surface area contributed by atoms with E-state index in [0.717, 1.165) is 16.7 Å². The van der Waals surface area contributed by atoms with E-state index in [1.54, 1.807) is 31.4 Å². The fourth-order valence-corrected chi connectivity index (χ4v) is 3.03. The largest absolute Gasteiger partial charge is 0.385 e. The molecule has 1 aliphatic heterocycles. The Kier molecular flexibility index (Phi) is 5.09. The number of rotatable bonds is 7. The monoisotopic (exact) mass is 340 g/mol. The van der Waals surface area contributed by atoms with Crippen LogP contribution in [0, 0.1) is 0 Å². The molecule has 0 bridgehead atoms. The van der Waals surface area contributed by atoms with E-state index in [4.69, 9.17) is 4.74 Å². The Labute approximate surface area is 145 Å². The summed E-state index contributed by atoms with van der Waals surface area (Å²) < 4.78 is 4.92. The maximum absolute atomic E-state index is 12.7. The normalized spacial score (nSPS) is 13.4. The van der Waals surface area contributed by atoms with Gasteiger partial charge in [0.2, 0.25) is 5.91 Å². The average molecular weight is 340 g/mol. The van der Waals surface area contributed by atoms with Gasteiger partial charge in [-0.15, -0.1) is 0 Å². The summed E-state index contributed by atoms with van der Waals surface area (Å²) >= 11 is 0. The first kappa shape index (κ1) is 17.1. The molecule has 0 aromatic heterocycles. The van der Waals surface area contributed by atoms with Crippen molar-refractivity contribution >= 4 is 28.5 Å². The summed E-state index contributed by atoms with van der Waals surface area (Å²) in [5.41, 5.74) is 1.02. The summed E-state index contributed by atoms with van der Waals surface area (Å²) in [7, 11) is 1.60. The van der Waals surface area contributed by atoms with Crippen molar-refractivity contribution in [1.82, 2.24) is 10.2 Å². The third-order valence-electron chi connectivity index (χ3n) is 4.27. The van der Waals surface area contributed by atoms with Crippen LogP contribution in [-0.4, -0.2) is 49.4 Å². The smallest absolute Gasteiger partial charge is 0.261 e. The number of nitrogens with one attached hydrogen (secondary N) is 1. The maximum Gasteiger partial charge on any atom is 0.261 e. The molecular formula is C19H20N2O4. The van der Waals surface area contributed by atoms with Gasteiger partial charge in [0.25, 0.3) is 11.8 Å². The number of benzene rings is 2. The van der Waals surface area contributed by atoms with E-state index in [-0.39, 0.29) is 30.7 Å². The lowest BCUT2D eigenvalue weighted by Gasteiger charge is -2.27. The lowest BCUT2D eigenvalue weighted by atomic mass is 9.94. The molecule has 2 aromatic carbocycles. The number of amides is 3. The summed E-state index contributed by atoms with van der Waals surface area (Å²) in [6, 6.07) is 10.8. The van der Waals surface area contributed by atoms with Gasteiger partial charge in [0.15, 0.2) is 0 Å². The van der Waals surface area contributed by atoms with E-state index in [1.165, 1.54) is 0 Å². The van der Waals surface area contributed by atoms with Gasteiger partial charge in [0.1, 0.15) is 0 Å². The zero-order valence-electron chi connectivity index (χ0n) is 14.1. The molecule has 1 aliphatic rings. The highest BCUT2D eigenvalue weighted by Gasteiger charge is 2.32. The molecule has 0 saturated carbocycles. The number of carbonyl (C=O) groups excluding carboxylic acids is 3. The standard InChI is InChI=1S/C19H20N2O4/c1-25-12-4-10-20-16(22)9-11-21-18(23)14-7-2-5-13-6-3-8-15(17(13)14)19(21)24/h2-3,5-8H,4,9-12H2,1H3,(H,20,22). The molecule has 0 unspecified atom stereocenters. The van der Waals surface area contributed by atoms with Gasteiger partial charge < -0.3 is 10.1 Å². The van der Waals surface area contributed by atoms with E-state index in [9.17, 15) is 14.4 Å². The average Bonchev–Trinajstić information content (AvgIpc) is 2.63. The van der Waals surface area contributed by atoms with Crippen molar-refractivity contribution in [2.24, 2.45) is 0 Å². The fraction of sp³-hybridized carbons (Fsp3) is 0.316. The minimum atomic E-state index is -0.346. The highest BCUT2D eigenvalue weighted by atomic mass is 16.5. The van der Waals surface area contributed by atoms with Crippen LogP contribution < -0.4 is 5.32 Å². The fourth-order valence-electron chi connectivity index (χ4n) is 3.03. The van der Waals surface area contributed by atoms with E-state index in [2.05, 4.69) is 5.32 Å². The van der Waals surface area contributed by atoms with Crippen LogP contribution in [0.15, 0.2) is 36.4 Å². The molecule has 0 fully saturated rings. The molecular weight excluding hydrogens is 320 g/mol. The van der Waals surface area contributed by atoms with Crippen molar-refractivity contribution in [3.63, 3.8) is 0 Å². The van der Waals surface area contributed by atoms with E-state index >= 15 is 0 Å². The van der Waals surface area contributed by atoms with Crippen LogP contribution >= 0.6 is 0 Å². The number of carbonyl (C=O) groups is 3. The van der Waals surface area contributed by atoms with Crippen LogP contribution in [0.25, 0.3) is 10.8 Å². The van der Waals surface area contributed by atoms with Gasteiger partial charge in [0, 0.05) is 49.7 Å². The Balaban J connectivity index is 1.71. The molecule has 3 amide bonds. The summed E-state index contributed by atoms with van der Waals surface area (Å²) in [6.07, 6.45) is 0.807. The van der Waals surface area contributed by atoms with Crippen LogP contribution in [0.5, 0.6) is 0 Å². The Morgan fingerprint density at radius 1 is 1.08 bits per heavy atom. The molecule has 6 heteroatoms. The topological polar surface area (TPSA) is 75.7 Å². The summed E-state index contributed by atoms with van der Waals surface area (Å²) in [4.78, 5) is 38.4. The number of ether oxygens (including phenoxy) is 1. The predicted octanol–water partition coefficient (Wildman–Crippen LogP) is 1.98. The number of hydrogen-bond donors (Lipinski definition) is 1. The van der Waals surface area contributed by atoms with Gasteiger partial charge in [-0.25, -0.2) is 0 Å². The van der Waals surface area contributed by atoms with Gasteiger partial charge >= 0.3 is 0 Å². The number of hydrogen-bond acceptors (Lipinski definition) is 4. The van der Waals surface area contributed by atoms with Crippen molar-refractivity contribution in [3.8, 4) is 0 Å². The molecule has 0 atom stereocenters. The lowest BCUT2D eigenvalue weighted by Crippen LogP contribution is -2.42. The Hall–Kier alpha value is -2.73. The van der Waals surface area contributed by atoms with Crippen LogP contribution in [0.2, 0.25) is 0 Å². The molecule has 1 heterocycles. The van der Waals surface area contributed by atoms with E-state index in [0.29, 0.717) is 29.7 Å². The van der Waals surface area contributed by atoms with Crippen molar-refractivity contribution in [2.75, 3.05) is 26.8 Å². The molecule has 0 radical (unpaired) electrons. The first-order valence-corrected chi connectivity index (χ1v) is 8.27. The number of nitrogens with zero attached hydrogens (tertiary/aromatic N) is 1. The third-order valence-corrected chi connectivity index (χ3v) is 4.27. The molecule has 0 saturated heterocycles. The molecule has 2 aromatic rings. The highest BCUT2D eigenvalue weighted by molar-refractivity contribution is 6.25. The third kappa shape index (κ3) is 3.39. The molecule has 0 spiro atoms. The quantitative estimate of drug-likeness (QED) is 0.618. The highest BCUT2D eigenvalue weighted by Crippen LogP contribution is 2.29. The van der Waals surface area contributed by atoms with Crippen LogP contribution in [0.1, 0.15) is 33.6 Å². The maximum atomic E-state index is 12.7. The Bertz CT molecular complexity index is 781. The lowest BCUT2D eigenvalue weighted by molar-refractivity contribution is -0.121. The van der Waals surface area contributed by atoms with E-state index in [1.807, 2.05) is 12.1 Å². The number of methoxy groups -OCH3 is 1. The zero-order chi connectivity index (χ0) is 17.8. The summed E-state index contributed by atoms with van der Waals surface area (Å²) in [5, 5.41) is 4.32. The van der Waals surface area contributed by atoms with Crippen LogP contribution in [0.3, 0.4) is 0 Å².